The molecule has 0 N–H and O–H groups in total. The third kappa shape index (κ3) is 6.23. The highest BCUT2D eigenvalue weighted by molar-refractivity contribution is 6.01. The van der Waals surface area contributed by atoms with Gasteiger partial charge in [0.25, 0.3) is 0 Å². The molecule has 29 heavy (non-hydrogen) atoms. The smallest absolute Gasteiger partial charge is 0.0616 e. The Labute approximate surface area is 181 Å². The first-order valence-corrected chi connectivity index (χ1v) is 11.9. The van der Waals surface area contributed by atoms with Gasteiger partial charge in [0.05, 0.1) is 5.52 Å². The lowest BCUT2D eigenvalue weighted by atomic mass is 10.1. The first kappa shape index (κ1) is 29.2. The van der Waals surface area contributed by atoms with E-state index in [2.05, 4.69) is 74.6 Å². The van der Waals surface area contributed by atoms with E-state index in [1.54, 1.807) is 0 Å². The quantitative estimate of drug-likeness (QED) is 0.418. The Balaban J connectivity index is 0. The largest absolute Gasteiger partial charge is 0.309 e. The second-order valence-corrected chi connectivity index (χ2v) is 5.56. The molecule has 0 saturated heterocycles. The van der Waals surface area contributed by atoms with E-state index in [4.69, 9.17) is 0 Å². The molecule has 1 aromatic carbocycles. The minimum absolute atomic E-state index is 1.06. The van der Waals surface area contributed by atoms with Gasteiger partial charge in [-0.2, -0.15) is 0 Å². The van der Waals surface area contributed by atoms with E-state index in [0.717, 1.165) is 12.8 Å². The number of hydrogen-bond acceptors (Lipinski definition) is 0. The summed E-state index contributed by atoms with van der Waals surface area (Å²) < 4.78 is 2.44. The van der Waals surface area contributed by atoms with Crippen molar-refractivity contribution < 1.29 is 0 Å². The van der Waals surface area contributed by atoms with Crippen molar-refractivity contribution in [3.05, 3.63) is 46.1 Å². The number of nitrogens with zero attached hydrogens (tertiary/aromatic N) is 1. The zero-order valence-electron chi connectivity index (χ0n) is 21.4. The van der Waals surface area contributed by atoms with Gasteiger partial charge >= 0.3 is 0 Å². The van der Waals surface area contributed by atoms with Gasteiger partial charge in [-0.3, -0.25) is 0 Å². The minimum atomic E-state index is 1.06. The Bertz CT molecular complexity index is 923. The summed E-state index contributed by atoms with van der Waals surface area (Å²) in [7, 11) is 0. The van der Waals surface area contributed by atoms with E-state index >= 15 is 0 Å². The number of aromatic nitrogens is 1. The van der Waals surface area contributed by atoms with Gasteiger partial charge in [0.2, 0.25) is 0 Å². The lowest BCUT2D eigenvalue weighted by Gasteiger charge is -1.97. The summed E-state index contributed by atoms with van der Waals surface area (Å²) in [6.45, 7) is 24.8. The number of aryl methyl sites for hydroxylation is 1. The lowest BCUT2D eigenvalue weighted by molar-refractivity contribution is 1.12. The van der Waals surface area contributed by atoms with Gasteiger partial charge in [-0.1, -0.05) is 106 Å². The Morgan fingerprint density at radius 1 is 0.828 bits per heavy atom. The third-order valence-electron chi connectivity index (χ3n) is 4.29. The monoisotopic (exact) mass is 397 g/mol. The van der Waals surface area contributed by atoms with Crippen LogP contribution in [0.2, 0.25) is 0 Å². The van der Waals surface area contributed by atoms with Crippen molar-refractivity contribution in [2.75, 3.05) is 0 Å². The molecule has 0 aliphatic carbocycles. The van der Waals surface area contributed by atoms with Gasteiger partial charge in [0, 0.05) is 27.0 Å². The first-order valence-electron chi connectivity index (χ1n) is 11.9. The van der Waals surface area contributed by atoms with Gasteiger partial charge in [-0.25, -0.2) is 0 Å². The highest BCUT2D eigenvalue weighted by Gasteiger charge is 2.15. The second kappa shape index (κ2) is 16.9. The summed E-state index contributed by atoms with van der Waals surface area (Å²) >= 11 is 0. The molecular formula is C28H47N. The summed E-state index contributed by atoms with van der Waals surface area (Å²) in [5.41, 5.74) is 4.08. The highest BCUT2D eigenvalue weighted by atomic mass is 14.9. The van der Waals surface area contributed by atoms with E-state index in [0.29, 0.717) is 0 Å². The van der Waals surface area contributed by atoms with Crippen LogP contribution in [0.4, 0.5) is 0 Å². The number of para-hydroxylation sites is 1. The number of hydrogen-bond donors (Lipinski definition) is 0. The van der Waals surface area contributed by atoms with Gasteiger partial charge in [-0.15, -0.1) is 0 Å². The van der Waals surface area contributed by atoms with Crippen LogP contribution in [-0.2, 0) is 0 Å². The Hall–Kier alpha value is -2.02. The molecule has 1 nitrogen and oxygen atoms in total. The summed E-state index contributed by atoms with van der Waals surface area (Å²) in [4.78, 5) is 0. The molecule has 0 aliphatic rings. The van der Waals surface area contributed by atoms with Crippen molar-refractivity contribution in [3.63, 3.8) is 0 Å². The fourth-order valence-electron chi connectivity index (χ4n) is 3.37. The van der Waals surface area contributed by atoms with Crippen molar-refractivity contribution in [2.24, 2.45) is 0 Å². The Morgan fingerprint density at radius 2 is 1.38 bits per heavy atom. The SMILES string of the molecule is C/C=c1\c(=C/CC)c2cccc3c(C)c(/C=C\CC)n1c32.CC.CC.CC.CC. The summed E-state index contributed by atoms with van der Waals surface area (Å²) in [5.74, 6) is 0. The van der Waals surface area contributed by atoms with E-state index in [9.17, 15) is 0 Å². The number of rotatable bonds is 3. The van der Waals surface area contributed by atoms with E-state index in [-0.39, 0.29) is 0 Å². The molecule has 2 heterocycles. The molecule has 0 spiro atoms. The van der Waals surface area contributed by atoms with Crippen LogP contribution in [0.5, 0.6) is 0 Å². The van der Waals surface area contributed by atoms with Crippen molar-refractivity contribution in [3.8, 4) is 0 Å². The Morgan fingerprint density at radius 3 is 1.86 bits per heavy atom. The fourth-order valence-corrected chi connectivity index (χ4v) is 3.37. The summed E-state index contributed by atoms with van der Waals surface area (Å²) in [6, 6.07) is 6.68. The van der Waals surface area contributed by atoms with Crippen molar-refractivity contribution in [1.29, 1.82) is 0 Å². The zero-order chi connectivity index (χ0) is 23.0. The van der Waals surface area contributed by atoms with Crippen LogP contribution in [-0.4, -0.2) is 4.40 Å². The average Bonchev–Trinajstić information content (AvgIpc) is 3.27. The van der Waals surface area contributed by atoms with Gasteiger partial charge in [0.1, 0.15) is 0 Å². The number of benzene rings is 1. The third-order valence-corrected chi connectivity index (χ3v) is 4.29. The Kier molecular flexibility index (Phi) is 17.0. The molecule has 3 aromatic rings. The highest BCUT2D eigenvalue weighted by Crippen LogP contribution is 2.27. The van der Waals surface area contributed by atoms with Crippen LogP contribution in [0.3, 0.4) is 0 Å². The van der Waals surface area contributed by atoms with E-state index in [1.807, 2.05) is 55.4 Å². The first-order chi connectivity index (χ1) is 14.2. The van der Waals surface area contributed by atoms with Crippen LogP contribution in [0, 0.1) is 6.92 Å². The lowest BCUT2D eigenvalue weighted by Crippen LogP contribution is -2.26. The predicted molar refractivity (Wildman–Crippen MR) is 140 cm³/mol. The molecule has 0 saturated carbocycles. The minimum Gasteiger partial charge on any atom is -0.309 e. The van der Waals surface area contributed by atoms with E-state index in [1.165, 1.54) is 38.1 Å². The standard InChI is InChI=1S/C20H23N.4C2H6/c1-5-8-13-19-14(4)15-11-9-12-17-16(10-6-2)18(7-3)21(19)20(15)17;4*1-2/h7-13H,5-6H2,1-4H3;4*1-2H3/b13-8-,16-10-,18-7+;;;;. The summed E-state index contributed by atoms with van der Waals surface area (Å²) in [6.07, 6.45) is 11.2. The molecule has 0 aliphatic heterocycles. The van der Waals surface area contributed by atoms with Crippen molar-refractivity contribution >= 4 is 34.5 Å². The maximum atomic E-state index is 2.44. The van der Waals surface area contributed by atoms with Gasteiger partial charge in [-0.05, 0) is 38.3 Å². The fraction of sp³-hybridized carbons (Fsp3) is 0.500. The van der Waals surface area contributed by atoms with Crippen molar-refractivity contribution in [2.45, 2.75) is 95.9 Å². The number of allylic oxidation sites excluding steroid dienone is 1. The molecule has 0 unspecified atom stereocenters. The maximum Gasteiger partial charge on any atom is 0.0616 e. The van der Waals surface area contributed by atoms with Crippen LogP contribution in [0.25, 0.3) is 34.5 Å². The molecule has 0 fully saturated rings. The maximum absolute atomic E-state index is 2.44. The molecule has 3 rings (SSSR count). The molecule has 1 heteroatoms. The van der Waals surface area contributed by atoms with Crippen LogP contribution >= 0.6 is 0 Å². The molecular weight excluding hydrogens is 350 g/mol. The molecule has 164 valence electrons. The van der Waals surface area contributed by atoms with Crippen LogP contribution in [0.15, 0.2) is 24.3 Å². The van der Waals surface area contributed by atoms with Gasteiger partial charge < -0.3 is 4.40 Å². The van der Waals surface area contributed by atoms with Gasteiger partial charge in [0.15, 0.2) is 0 Å². The predicted octanol–water partition coefficient (Wildman–Crippen LogP) is 8.36. The summed E-state index contributed by atoms with van der Waals surface area (Å²) in [5, 5.41) is 5.46. The van der Waals surface area contributed by atoms with E-state index < -0.39 is 0 Å². The zero-order valence-corrected chi connectivity index (χ0v) is 21.4. The molecule has 0 atom stereocenters. The molecule has 0 bridgehead atoms. The van der Waals surface area contributed by atoms with Crippen LogP contribution < -0.4 is 10.6 Å². The molecule has 0 amide bonds. The van der Waals surface area contributed by atoms with Crippen LogP contribution in [0.1, 0.15) is 100 Å². The second-order valence-electron chi connectivity index (χ2n) is 5.56. The molecule has 2 aromatic heterocycles. The average molecular weight is 398 g/mol. The topological polar surface area (TPSA) is 4.41 Å². The molecule has 0 radical (unpaired) electrons. The van der Waals surface area contributed by atoms with Crippen molar-refractivity contribution in [1.82, 2.24) is 4.40 Å². The normalized spacial score (nSPS) is 11.3.